The number of benzene rings is 1. The number of rotatable bonds is 3. The summed E-state index contributed by atoms with van der Waals surface area (Å²) in [5.41, 5.74) is 0.156. The largest absolute Gasteiger partial charge is 0.507 e. The number of hydrogen-bond acceptors (Lipinski definition) is 6. The number of aliphatic imine (C=N–C) groups is 1. The number of thioether (sulfide) groups is 1. The molecule has 1 aromatic carbocycles. The minimum absolute atomic E-state index is 0.199. The maximum absolute atomic E-state index is 11.9. The predicted octanol–water partition coefficient (Wildman–Crippen LogP) is 3.04. The fourth-order valence-electron chi connectivity index (χ4n) is 1.87. The maximum Gasteiger partial charge on any atom is 0.339 e. The third-order valence-corrected chi connectivity index (χ3v) is 4.64. The Hall–Kier alpha value is -2.58. The van der Waals surface area contributed by atoms with Gasteiger partial charge in [-0.2, -0.15) is 0 Å². The Morgan fingerprint density at radius 1 is 1.30 bits per heavy atom. The Labute approximate surface area is 139 Å². The van der Waals surface area contributed by atoms with Gasteiger partial charge in [-0.3, -0.25) is 4.79 Å². The van der Waals surface area contributed by atoms with Crippen LogP contribution in [0.3, 0.4) is 0 Å². The van der Waals surface area contributed by atoms with Gasteiger partial charge in [0.05, 0.1) is 10.6 Å². The topological polar surface area (TPSA) is 99.0 Å². The monoisotopic (exact) mass is 346 g/mol. The molecule has 1 saturated heterocycles. The van der Waals surface area contributed by atoms with Gasteiger partial charge in [-0.25, -0.2) is 9.79 Å². The first kappa shape index (κ1) is 15.3. The zero-order chi connectivity index (χ0) is 16.4. The number of carbonyl (C=O) groups is 2. The Morgan fingerprint density at radius 3 is 2.78 bits per heavy atom. The minimum atomic E-state index is -1.22. The molecular formula is C15H10N2O4S2. The number of carboxylic acid groups (broad SMARTS) is 1. The van der Waals surface area contributed by atoms with Gasteiger partial charge >= 0.3 is 5.97 Å². The molecule has 0 unspecified atom stereocenters. The molecule has 0 radical (unpaired) electrons. The van der Waals surface area contributed by atoms with Crippen LogP contribution in [0.15, 0.2) is 45.6 Å². The SMILES string of the molecule is O=C1NC(=Nc2ccc(C(=O)O)c(O)c2)S/C1=C\c1cccs1. The Morgan fingerprint density at radius 2 is 2.13 bits per heavy atom. The van der Waals surface area contributed by atoms with Crippen molar-refractivity contribution < 1.29 is 19.8 Å². The lowest BCUT2D eigenvalue weighted by atomic mass is 10.2. The number of thiophene rings is 1. The van der Waals surface area contributed by atoms with Crippen molar-refractivity contribution in [2.24, 2.45) is 4.99 Å². The summed E-state index contributed by atoms with van der Waals surface area (Å²) in [6.45, 7) is 0. The van der Waals surface area contributed by atoms with Gasteiger partial charge in [0.1, 0.15) is 11.3 Å². The minimum Gasteiger partial charge on any atom is -0.507 e. The van der Waals surface area contributed by atoms with E-state index in [1.165, 1.54) is 41.3 Å². The standard InChI is InChI=1S/C15H10N2O4S2/c18-11-6-8(3-4-10(11)14(20)21)16-15-17-13(19)12(23-15)7-9-2-1-5-22-9/h1-7,18H,(H,20,21)(H,16,17,19)/b12-7-. The number of aromatic hydroxyl groups is 1. The molecule has 0 bridgehead atoms. The number of amidine groups is 1. The molecule has 1 aromatic heterocycles. The molecule has 0 aliphatic carbocycles. The summed E-state index contributed by atoms with van der Waals surface area (Å²) in [5.74, 6) is -1.83. The van der Waals surface area contributed by atoms with Crippen molar-refractivity contribution in [2.75, 3.05) is 0 Å². The van der Waals surface area contributed by atoms with Crippen LogP contribution in [0.5, 0.6) is 5.75 Å². The molecular weight excluding hydrogens is 336 g/mol. The molecule has 1 fully saturated rings. The zero-order valence-electron chi connectivity index (χ0n) is 11.5. The molecule has 2 heterocycles. The van der Waals surface area contributed by atoms with Crippen LogP contribution in [-0.2, 0) is 4.79 Å². The van der Waals surface area contributed by atoms with E-state index in [0.717, 1.165) is 4.88 Å². The summed E-state index contributed by atoms with van der Waals surface area (Å²) in [6.07, 6.45) is 1.78. The second-order valence-corrected chi connectivity index (χ2v) is 6.51. The Balaban J connectivity index is 1.83. The molecule has 0 spiro atoms. The van der Waals surface area contributed by atoms with E-state index in [0.29, 0.717) is 15.8 Å². The molecule has 1 aliphatic heterocycles. The van der Waals surface area contributed by atoms with Crippen molar-refractivity contribution >= 4 is 51.9 Å². The second kappa shape index (κ2) is 6.27. The van der Waals surface area contributed by atoms with Crippen LogP contribution in [0, 0.1) is 0 Å². The van der Waals surface area contributed by atoms with Gasteiger partial charge in [-0.15, -0.1) is 11.3 Å². The van der Waals surface area contributed by atoms with Crippen molar-refractivity contribution in [1.82, 2.24) is 5.32 Å². The normalized spacial score (nSPS) is 17.7. The molecule has 0 atom stereocenters. The van der Waals surface area contributed by atoms with Gasteiger partial charge < -0.3 is 15.5 Å². The molecule has 2 aromatic rings. The van der Waals surface area contributed by atoms with E-state index in [1.807, 2.05) is 17.5 Å². The first-order valence-electron chi connectivity index (χ1n) is 6.42. The van der Waals surface area contributed by atoms with Crippen molar-refractivity contribution in [3.8, 4) is 5.75 Å². The molecule has 1 aliphatic rings. The molecule has 116 valence electrons. The van der Waals surface area contributed by atoms with Crippen LogP contribution < -0.4 is 5.32 Å². The van der Waals surface area contributed by atoms with E-state index >= 15 is 0 Å². The van der Waals surface area contributed by atoms with E-state index in [9.17, 15) is 14.7 Å². The number of carbonyl (C=O) groups excluding carboxylic acids is 1. The molecule has 0 saturated carbocycles. The van der Waals surface area contributed by atoms with Crippen molar-refractivity contribution in [3.63, 3.8) is 0 Å². The van der Waals surface area contributed by atoms with Gasteiger partial charge in [-0.05, 0) is 41.4 Å². The van der Waals surface area contributed by atoms with Crippen molar-refractivity contribution in [2.45, 2.75) is 0 Å². The van der Waals surface area contributed by atoms with E-state index in [-0.39, 0.29) is 17.2 Å². The highest BCUT2D eigenvalue weighted by atomic mass is 32.2. The average molecular weight is 346 g/mol. The number of nitrogens with zero attached hydrogens (tertiary/aromatic N) is 1. The summed E-state index contributed by atoms with van der Waals surface area (Å²) < 4.78 is 0. The van der Waals surface area contributed by atoms with Crippen LogP contribution >= 0.6 is 23.1 Å². The zero-order valence-corrected chi connectivity index (χ0v) is 13.1. The summed E-state index contributed by atoms with van der Waals surface area (Å²) in [4.78, 5) is 28.5. The fraction of sp³-hybridized carbons (Fsp3) is 0. The number of hydrogen-bond donors (Lipinski definition) is 3. The first-order valence-corrected chi connectivity index (χ1v) is 8.12. The molecule has 8 heteroatoms. The smallest absolute Gasteiger partial charge is 0.339 e. The maximum atomic E-state index is 11.9. The van der Waals surface area contributed by atoms with Crippen LogP contribution in [0.2, 0.25) is 0 Å². The number of carboxylic acids is 1. The lowest BCUT2D eigenvalue weighted by molar-refractivity contribution is -0.115. The van der Waals surface area contributed by atoms with Gasteiger partial charge in [-0.1, -0.05) is 6.07 Å². The number of aromatic carboxylic acids is 1. The van der Waals surface area contributed by atoms with Crippen LogP contribution in [-0.4, -0.2) is 27.3 Å². The van der Waals surface area contributed by atoms with Gasteiger partial charge in [0, 0.05) is 10.9 Å². The van der Waals surface area contributed by atoms with E-state index in [1.54, 1.807) is 6.08 Å². The molecule has 1 amide bonds. The van der Waals surface area contributed by atoms with E-state index in [4.69, 9.17) is 5.11 Å². The second-order valence-electron chi connectivity index (χ2n) is 4.50. The molecule has 3 N–H and O–H groups in total. The third kappa shape index (κ3) is 3.43. The predicted molar refractivity (Wildman–Crippen MR) is 90.2 cm³/mol. The fourth-order valence-corrected chi connectivity index (χ4v) is 3.44. The van der Waals surface area contributed by atoms with Crippen molar-refractivity contribution in [1.29, 1.82) is 0 Å². The highest BCUT2D eigenvalue weighted by Crippen LogP contribution is 2.30. The lowest BCUT2D eigenvalue weighted by Gasteiger charge is -2.01. The number of amides is 1. The quantitative estimate of drug-likeness (QED) is 0.742. The van der Waals surface area contributed by atoms with Crippen molar-refractivity contribution in [3.05, 3.63) is 51.1 Å². The van der Waals surface area contributed by atoms with Gasteiger partial charge in [0.25, 0.3) is 5.91 Å². The molecule has 6 nitrogen and oxygen atoms in total. The van der Waals surface area contributed by atoms with E-state index in [2.05, 4.69) is 10.3 Å². The van der Waals surface area contributed by atoms with Crippen LogP contribution in [0.25, 0.3) is 6.08 Å². The third-order valence-electron chi connectivity index (χ3n) is 2.91. The summed E-state index contributed by atoms with van der Waals surface area (Å²) >= 11 is 2.71. The first-order chi connectivity index (χ1) is 11.0. The van der Waals surface area contributed by atoms with Gasteiger partial charge in [0.2, 0.25) is 0 Å². The summed E-state index contributed by atoms with van der Waals surface area (Å²) in [7, 11) is 0. The lowest BCUT2D eigenvalue weighted by Crippen LogP contribution is -2.19. The summed E-state index contributed by atoms with van der Waals surface area (Å²) in [5, 5.41) is 23.5. The average Bonchev–Trinajstić information content (AvgIpc) is 3.10. The Bertz CT molecular complexity index is 841. The van der Waals surface area contributed by atoms with E-state index < -0.39 is 5.97 Å². The number of nitrogens with one attached hydrogen (secondary N) is 1. The van der Waals surface area contributed by atoms with Crippen LogP contribution in [0.4, 0.5) is 5.69 Å². The number of phenols is 1. The summed E-state index contributed by atoms with van der Waals surface area (Å²) in [6, 6.07) is 7.77. The molecule has 3 rings (SSSR count). The Kier molecular flexibility index (Phi) is 4.18. The molecule has 23 heavy (non-hydrogen) atoms. The highest BCUT2D eigenvalue weighted by Gasteiger charge is 2.24. The highest BCUT2D eigenvalue weighted by molar-refractivity contribution is 8.18. The van der Waals surface area contributed by atoms with Gasteiger partial charge in [0.15, 0.2) is 5.17 Å². The van der Waals surface area contributed by atoms with Crippen LogP contribution in [0.1, 0.15) is 15.2 Å².